The fourth-order valence-corrected chi connectivity index (χ4v) is 3.64. The van der Waals surface area contributed by atoms with E-state index in [-0.39, 0.29) is 22.8 Å². The number of rotatable bonds is 8. The van der Waals surface area contributed by atoms with Gasteiger partial charge in [0.15, 0.2) is 5.78 Å². The molecule has 1 aromatic carbocycles. The van der Waals surface area contributed by atoms with Crippen molar-refractivity contribution in [1.29, 1.82) is 0 Å². The number of alkyl halides is 2. The predicted molar refractivity (Wildman–Crippen MR) is 113 cm³/mol. The van der Waals surface area contributed by atoms with Gasteiger partial charge >= 0.3 is 6.61 Å². The highest BCUT2D eigenvalue weighted by molar-refractivity contribution is 6.02. The van der Waals surface area contributed by atoms with E-state index in [9.17, 15) is 13.6 Å². The summed E-state index contributed by atoms with van der Waals surface area (Å²) in [4.78, 5) is 17.2. The molecule has 0 amide bonds. The zero-order chi connectivity index (χ0) is 22.3. The van der Waals surface area contributed by atoms with Crippen molar-refractivity contribution in [2.45, 2.75) is 45.3 Å². The Morgan fingerprint density at radius 2 is 2.00 bits per heavy atom. The molecule has 6 nitrogen and oxygen atoms in total. The van der Waals surface area contributed by atoms with Crippen molar-refractivity contribution in [1.82, 2.24) is 9.38 Å². The van der Waals surface area contributed by atoms with Crippen LogP contribution in [0.2, 0.25) is 0 Å². The van der Waals surface area contributed by atoms with Crippen LogP contribution in [-0.2, 0) is 5.54 Å². The summed E-state index contributed by atoms with van der Waals surface area (Å²) in [5, 5.41) is 0. The Bertz CT molecular complexity index is 1130. The second-order valence-corrected chi connectivity index (χ2v) is 8.51. The van der Waals surface area contributed by atoms with Crippen molar-refractivity contribution in [3.05, 3.63) is 47.8 Å². The SMILES string of the molecule is COc1cc(-c2cnc3cc(C(C)(C)N)ccn23)cc(OC(F)F)c1C(=O)CC1CC1. The van der Waals surface area contributed by atoms with Crippen molar-refractivity contribution in [3.63, 3.8) is 0 Å². The summed E-state index contributed by atoms with van der Waals surface area (Å²) < 4.78 is 38.3. The van der Waals surface area contributed by atoms with Crippen LogP contribution in [0.4, 0.5) is 8.78 Å². The van der Waals surface area contributed by atoms with Gasteiger partial charge in [-0.15, -0.1) is 0 Å². The second-order valence-electron chi connectivity index (χ2n) is 8.51. The van der Waals surface area contributed by atoms with Crippen molar-refractivity contribution in [2.24, 2.45) is 11.7 Å². The number of methoxy groups -OCH3 is 1. The van der Waals surface area contributed by atoms with Gasteiger partial charge < -0.3 is 15.2 Å². The molecule has 8 heteroatoms. The number of carbonyl (C=O) groups is 1. The molecule has 1 aliphatic carbocycles. The van der Waals surface area contributed by atoms with Crippen LogP contribution in [0, 0.1) is 5.92 Å². The van der Waals surface area contributed by atoms with Gasteiger partial charge in [-0.1, -0.05) is 0 Å². The number of halogens is 2. The van der Waals surface area contributed by atoms with Crippen molar-refractivity contribution in [3.8, 4) is 22.8 Å². The maximum Gasteiger partial charge on any atom is 0.387 e. The molecular formula is C23H25F2N3O3. The minimum Gasteiger partial charge on any atom is -0.496 e. The predicted octanol–water partition coefficient (Wildman–Crippen LogP) is 4.79. The lowest BCUT2D eigenvalue weighted by molar-refractivity contribution is -0.0502. The van der Waals surface area contributed by atoms with Gasteiger partial charge in [0.1, 0.15) is 22.7 Å². The van der Waals surface area contributed by atoms with Gasteiger partial charge in [0.05, 0.1) is 19.0 Å². The smallest absolute Gasteiger partial charge is 0.387 e. The zero-order valence-electron chi connectivity index (χ0n) is 17.7. The Kier molecular flexibility index (Phi) is 5.43. The van der Waals surface area contributed by atoms with Crippen molar-refractivity contribution >= 4 is 11.4 Å². The number of aromatic nitrogens is 2. The summed E-state index contributed by atoms with van der Waals surface area (Å²) in [6.45, 7) is 0.738. The number of benzene rings is 1. The van der Waals surface area contributed by atoms with E-state index in [1.165, 1.54) is 13.2 Å². The van der Waals surface area contributed by atoms with Crippen molar-refractivity contribution < 1.29 is 23.0 Å². The monoisotopic (exact) mass is 429 g/mol. The number of nitrogens with zero attached hydrogens (tertiary/aromatic N) is 2. The van der Waals surface area contributed by atoms with E-state index in [1.807, 2.05) is 36.6 Å². The minimum absolute atomic E-state index is 0.0550. The van der Waals surface area contributed by atoms with Gasteiger partial charge in [0.25, 0.3) is 0 Å². The number of fused-ring (bicyclic) bond motifs is 1. The first-order valence-corrected chi connectivity index (χ1v) is 10.1. The highest BCUT2D eigenvalue weighted by atomic mass is 19.3. The van der Waals surface area contributed by atoms with E-state index >= 15 is 0 Å². The molecule has 3 aromatic rings. The van der Waals surface area contributed by atoms with E-state index in [4.69, 9.17) is 15.2 Å². The van der Waals surface area contributed by atoms with Gasteiger partial charge in [-0.2, -0.15) is 8.78 Å². The number of carbonyl (C=O) groups excluding carboxylic acids is 1. The normalized spacial score (nSPS) is 14.3. The molecule has 164 valence electrons. The summed E-state index contributed by atoms with van der Waals surface area (Å²) in [7, 11) is 1.41. The molecule has 2 aromatic heterocycles. The third kappa shape index (κ3) is 4.39. The van der Waals surface area contributed by atoms with Gasteiger partial charge in [-0.05, 0) is 62.4 Å². The van der Waals surface area contributed by atoms with Crippen molar-refractivity contribution in [2.75, 3.05) is 7.11 Å². The molecule has 0 unspecified atom stereocenters. The number of ether oxygens (including phenoxy) is 2. The number of ketones is 1. The molecular weight excluding hydrogens is 404 g/mol. The number of hydrogen-bond acceptors (Lipinski definition) is 5. The lowest BCUT2D eigenvalue weighted by Gasteiger charge is -2.19. The molecule has 0 saturated heterocycles. The molecule has 0 aliphatic heterocycles. The Morgan fingerprint density at radius 1 is 1.29 bits per heavy atom. The van der Waals surface area contributed by atoms with E-state index in [1.54, 1.807) is 12.3 Å². The molecule has 0 atom stereocenters. The first kappa shape index (κ1) is 21.2. The van der Waals surface area contributed by atoms with E-state index in [0.717, 1.165) is 18.4 Å². The van der Waals surface area contributed by atoms with E-state index in [0.29, 0.717) is 29.2 Å². The largest absolute Gasteiger partial charge is 0.496 e. The maximum absolute atomic E-state index is 13.2. The Balaban J connectivity index is 1.82. The average molecular weight is 429 g/mol. The molecule has 4 rings (SSSR count). The molecule has 1 fully saturated rings. The molecule has 2 heterocycles. The molecule has 31 heavy (non-hydrogen) atoms. The minimum atomic E-state index is -3.07. The third-order valence-electron chi connectivity index (χ3n) is 5.50. The number of pyridine rings is 1. The molecule has 0 bridgehead atoms. The summed E-state index contributed by atoms with van der Waals surface area (Å²) in [6.07, 6.45) is 5.70. The summed E-state index contributed by atoms with van der Waals surface area (Å²) in [6, 6.07) is 6.87. The van der Waals surface area contributed by atoms with E-state index < -0.39 is 12.2 Å². The summed E-state index contributed by atoms with van der Waals surface area (Å²) in [5.41, 5.74) is 8.48. The third-order valence-corrected chi connectivity index (χ3v) is 5.50. The van der Waals surface area contributed by atoms with Crippen LogP contribution in [0.5, 0.6) is 11.5 Å². The quantitative estimate of drug-likeness (QED) is 0.521. The van der Waals surface area contributed by atoms with E-state index in [2.05, 4.69) is 4.98 Å². The number of nitrogens with two attached hydrogens (primary N) is 1. The van der Waals surface area contributed by atoms with Gasteiger partial charge in [0, 0.05) is 23.7 Å². The van der Waals surface area contributed by atoms with Crippen LogP contribution in [-0.4, -0.2) is 28.9 Å². The molecule has 1 aliphatic rings. The van der Waals surface area contributed by atoms with Crippen LogP contribution < -0.4 is 15.2 Å². The summed E-state index contributed by atoms with van der Waals surface area (Å²) >= 11 is 0. The summed E-state index contributed by atoms with van der Waals surface area (Å²) in [5.74, 6) is 0.0590. The molecule has 2 N–H and O–H groups in total. The topological polar surface area (TPSA) is 78.8 Å². The van der Waals surface area contributed by atoms with Crippen LogP contribution in [0.15, 0.2) is 36.7 Å². The van der Waals surface area contributed by atoms with Gasteiger partial charge in [0.2, 0.25) is 0 Å². The van der Waals surface area contributed by atoms with Gasteiger partial charge in [-0.3, -0.25) is 9.20 Å². The standard InChI is InChI=1S/C23H25F2N3O3/c1-23(2,26)15-6-7-28-16(12-27-20(28)11-15)14-9-18(30-3)21(17(29)8-13-4-5-13)19(10-14)31-22(24)25/h6-7,9-13,22H,4-5,8,26H2,1-3H3. The zero-order valence-corrected chi connectivity index (χ0v) is 17.7. The highest BCUT2D eigenvalue weighted by Gasteiger charge is 2.30. The average Bonchev–Trinajstić information content (AvgIpc) is 3.40. The molecule has 0 spiro atoms. The highest BCUT2D eigenvalue weighted by Crippen LogP contribution is 2.40. The number of Topliss-reactive ketones (excluding diaryl/α,β-unsaturated/α-hetero) is 1. The lowest BCUT2D eigenvalue weighted by Crippen LogP contribution is -2.28. The van der Waals surface area contributed by atoms with Crippen LogP contribution in [0.3, 0.4) is 0 Å². The first-order chi connectivity index (χ1) is 14.7. The fourth-order valence-electron chi connectivity index (χ4n) is 3.64. The van der Waals surface area contributed by atoms with Gasteiger partial charge in [-0.25, -0.2) is 4.98 Å². The second kappa shape index (κ2) is 7.92. The molecule has 1 saturated carbocycles. The van der Waals surface area contributed by atoms with Crippen LogP contribution >= 0.6 is 0 Å². The first-order valence-electron chi connectivity index (χ1n) is 10.1. The maximum atomic E-state index is 13.2. The Hall–Kier alpha value is -3.00. The lowest BCUT2D eigenvalue weighted by atomic mass is 9.97. The van der Waals surface area contributed by atoms with Crippen LogP contribution in [0.1, 0.15) is 49.0 Å². The fraction of sp³-hybridized carbons (Fsp3) is 0.391. The van der Waals surface area contributed by atoms with Crippen LogP contribution in [0.25, 0.3) is 16.9 Å². The Morgan fingerprint density at radius 3 is 2.61 bits per heavy atom. The number of hydrogen-bond donors (Lipinski definition) is 1. The molecule has 0 radical (unpaired) electrons. The Labute approximate surface area is 179 Å². The number of imidazole rings is 1.